The molecule has 1 heterocycles. The standard InChI is InChI=1S/C21H13F6NO2/c1-30-19(29)14-10-17(12-2-6-15(7-3-12)20(22,23)24)28-18(11-14)13-4-8-16(9-5-13)21(25,26)27/h2-11H,1H3. The van der Waals surface area contributed by atoms with Crippen molar-refractivity contribution in [2.75, 3.05) is 7.11 Å². The molecular formula is C21H13F6NO2. The molecule has 0 spiro atoms. The first kappa shape index (κ1) is 21.4. The number of rotatable bonds is 3. The van der Waals surface area contributed by atoms with Crippen molar-refractivity contribution < 1.29 is 35.9 Å². The van der Waals surface area contributed by atoms with Crippen LogP contribution >= 0.6 is 0 Å². The maximum Gasteiger partial charge on any atom is 0.416 e. The van der Waals surface area contributed by atoms with Crippen molar-refractivity contribution in [3.05, 3.63) is 77.4 Å². The molecule has 1 aromatic heterocycles. The summed E-state index contributed by atoms with van der Waals surface area (Å²) in [5.74, 6) is -0.723. The molecule has 30 heavy (non-hydrogen) atoms. The third-order valence-corrected chi connectivity index (χ3v) is 4.26. The number of hydrogen-bond acceptors (Lipinski definition) is 3. The summed E-state index contributed by atoms with van der Waals surface area (Å²) in [4.78, 5) is 16.3. The van der Waals surface area contributed by atoms with Crippen molar-refractivity contribution in [3.63, 3.8) is 0 Å². The van der Waals surface area contributed by atoms with Gasteiger partial charge in [0.15, 0.2) is 0 Å². The van der Waals surface area contributed by atoms with E-state index in [1.165, 1.54) is 36.4 Å². The van der Waals surface area contributed by atoms with E-state index in [9.17, 15) is 31.1 Å². The minimum Gasteiger partial charge on any atom is -0.465 e. The third-order valence-electron chi connectivity index (χ3n) is 4.26. The molecule has 0 fully saturated rings. The van der Waals surface area contributed by atoms with Gasteiger partial charge in [-0.2, -0.15) is 26.3 Å². The Morgan fingerprint density at radius 3 is 1.40 bits per heavy atom. The van der Waals surface area contributed by atoms with Crippen molar-refractivity contribution in [1.29, 1.82) is 0 Å². The van der Waals surface area contributed by atoms with E-state index in [0.29, 0.717) is 11.1 Å². The lowest BCUT2D eigenvalue weighted by Crippen LogP contribution is -2.05. The fourth-order valence-corrected chi connectivity index (χ4v) is 2.72. The van der Waals surface area contributed by atoms with Crippen molar-refractivity contribution in [1.82, 2.24) is 4.98 Å². The van der Waals surface area contributed by atoms with Crippen LogP contribution in [0.4, 0.5) is 26.3 Å². The Kier molecular flexibility index (Phi) is 5.56. The molecule has 156 valence electrons. The van der Waals surface area contributed by atoms with E-state index < -0.39 is 29.4 Å². The quantitative estimate of drug-likeness (QED) is 0.368. The molecule has 3 nitrogen and oxygen atoms in total. The number of esters is 1. The van der Waals surface area contributed by atoms with Crippen molar-refractivity contribution in [2.24, 2.45) is 0 Å². The van der Waals surface area contributed by atoms with Crippen molar-refractivity contribution >= 4 is 5.97 Å². The van der Waals surface area contributed by atoms with Gasteiger partial charge >= 0.3 is 18.3 Å². The molecule has 0 aliphatic heterocycles. The van der Waals surface area contributed by atoms with Crippen LogP contribution in [0.1, 0.15) is 21.5 Å². The Labute approximate surface area is 166 Å². The number of ether oxygens (including phenoxy) is 1. The van der Waals surface area contributed by atoms with E-state index >= 15 is 0 Å². The third kappa shape index (κ3) is 4.61. The van der Waals surface area contributed by atoms with Gasteiger partial charge in [-0.05, 0) is 36.4 Å². The first-order chi connectivity index (χ1) is 14.0. The zero-order valence-electron chi connectivity index (χ0n) is 15.3. The van der Waals surface area contributed by atoms with Gasteiger partial charge in [0.25, 0.3) is 0 Å². The second kappa shape index (κ2) is 7.81. The molecule has 0 N–H and O–H groups in total. The smallest absolute Gasteiger partial charge is 0.416 e. The minimum absolute atomic E-state index is 0.0531. The molecule has 2 aromatic carbocycles. The second-order valence-electron chi connectivity index (χ2n) is 6.27. The average molecular weight is 425 g/mol. The van der Waals surface area contributed by atoms with Crippen LogP contribution in [-0.4, -0.2) is 18.1 Å². The number of halogens is 6. The van der Waals surface area contributed by atoms with Crippen LogP contribution in [0.15, 0.2) is 60.7 Å². The predicted molar refractivity (Wildman–Crippen MR) is 96.5 cm³/mol. The monoisotopic (exact) mass is 425 g/mol. The fourth-order valence-electron chi connectivity index (χ4n) is 2.72. The van der Waals surface area contributed by atoms with E-state index in [1.807, 2.05) is 0 Å². The number of carbonyl (C=O) groups excluding carboxylic acids is 1. The number of alkyl halides is 6. The normalized spacial score (nSPS) is 12.0. The van der Waals surface area contributed by atoms with E-state index in [1.54, 1.807) is 0 Å². The molecule has 0 aliphatic carbocycles. The van der Waals surface area contributed by atoms with Crippen LogP contribution in [-0.2, 0) is 17.1 Å². The summed E-state index contributed by atoms with van der Waals surface area (Å²) in [6.07, 6.45) is -9.02. The largest absolute Gasteiger partial charge is 0.465 e. The number of pyridine rings is 1. The van der Waals surface area contributed by atoms with Crippen LogP contribution in [0.2, 0.25) is 0 Å². The Hall–Kier alpha value is -3.36. The highest BCUT2D eigenvalue weighted by atomic mass is 19.4. The highest BCUT2D eigenvalue weighted by Gasteiger charge is 2.31. The SMILES string of the molecule is COC(=O)c1cc(-c2ccc(C(F)(F)F)cc2)nc(-c2ccc(C(F)(F)F)cc2)c1. The molecule has 0 saturated carbocycles. The summed E-state index contributed by atoms with van der Waals surface area (Å²) in [6, 6.07) is 11.0. The Bertz CT molecular complexity index is 979. The summed E-state index contributed by atoms with van der Waals surface area (Å²) >= 11 is 0. The van der Waals surface area contributed by atoms with Crippen LogP contribution in [0.3, 0.4) is 0 Å². The van der Waals surface area contributed by atoms with E-state index in [2.05, 4.69) is 9.72 Å². The van der Waals surface area contributed by atoms with Crippen molar-refractivity contribution in [2.45, 2.75) is 12.4 Å². The molecule has 0 saturated heterocycles. The summed E-state index contributed by atoms with van der Waals surface area (Å²) in [7, 11) is 1.15. The van der Waals surface area contributed by atoms with Gasteiger partial charge < -0.3 is 4.74 Å². The van der Waals surface area contributed by atoms with Gasteiger partial charge in [0.2, 0.25) is 0 Å². The second-order valence-corrected chi connectivity index (χ2v) is 6.27. The molecule has 0 amide bonds. The van der Waals surface area contributed by atoms with Gasteiger partial charge in [-0.3, -0.25) is 0 Å². The maximum absolute atomic E-state index is 12.8. The lowest BCUT2D eigenvalue weighted by molar-refractivity contribution is -0.138. The molecular weight excluding hydrogens is 412 g/mol. The number of methoxy groups -OCH3 is 1. The molecule has 0 atom stereocenters. The first-order valence-corrected chi connectivity index (χ1v) is 8.45. The number of aromatic nitrogens is 1. The van der Waals surface area contributed by atoms with E-state index in [4.69, 9.17) is 0 Å². The molecule has 0 radical (unpaired) electrons. The predicted octanol–water partition coefficient (Wildman–Crippen LogP) is 6.24. The highest BCUT2D eigenvalue weighted by Crippen LogP contribution is 2.33. The Balaban J connectivity index is 2.08. The summed E-state index contributed by atoms with van der Waals surface area (Å²) in [5.41, 5.74) is -0.721. The van der Waals surface area contributed by atoms with E-state index in [0.717, 1.165) is 31.4 Å². The summed E-state index contributed by atoms with van der Waals surface area (Å²) in [6.45, 7) is 0. The summed E-state index contributed by atoms with van der Waals surface area (Å²) in [5, 5.41) is 0. The molecule has 3 aromatic rings. The van der Waals surface area contributed by atoms with Gasteiger partial charge in [0.05, 0.1) is 35.2 Å². The Morgan fingerprint density at radius 2 is 1.10 bits per heavy atom. The number of nitrogens with zero attached hydrogens (tertiary/aromatic N) is 1. The topological polar surface area (TPSA) is 39.2 Å². The molecule has 0 aliphatic rings. The van der Waals surface area contributed by atoms with Gasteiger partial charge in [0.1, 0.15) is 0 Å². The van der Waals surface area contributed by atoms with Gasteiger partial charge in [-0.1, -0.05) is 24.3 Å². The van der Waals surface area contributed by atoms with Crippen LogP contribution in [0.25, 0.3) is 22.5 Å². The number of hydrogen-bond donors (Lipinski definition) is 0. The molecule has 9 heteroatoms. The fraction of sp³-hybridized carbons (Fsp3) is 0.143. The summed E-state index contributed by atoms with van der Waals surface area (Å²) < 4.78 is 81.4. The van der Waals surface area contributed by atoms with Crippen LogP contribution in [0, 0.1) is 0 Å². The Morgan fingerprint density at radius 1 is 0.733 bits per heavy atom. The van der Waals surface area contributed by atoms with Gasteiger partial charge in [-0.15, -0.1) is 0 Å². The van der Waals surface area contributed by atoms with Crippen LogP contribution < -0.4 is 0 Å². The van der Waals surface area contributed by atoms with Crippen molar-refractivity contribution in [3.8, 4) is 22.5 Å². The average Bonchev–Trinajstić information content (AvgIpc) is 2.71. The molecule has 0 bridgehead atoms. The van der Waals surface area contributed by atoms with E-state index in [-0.39, 0.29) is 17.0 Å². The number of benzene rings is 2. The zero-order valence-corrected chi connectivity index (χ0v) is 15.3. The lowest BCUT2D eigenvalue weighted by atomic mass is 10.0. The van der Waals surface area contributed by atoms with Gasteiger partial charge in [-0.25, -0.2) is 9.78 Å². The molecule has 0 unspecified atom stereocenters. The van der Waals surface area contributed by atoms with Crippen LogP contribution in [0.5, 0.6) is 0 Å². The maximum atomic E-state index is 12.8. The highest BCUT2D eigenvalue weighted by molar-refractivity contribution is 5.92. The first-order valence-electron chi connectivity index (χ1n) is 8.45. The molecule has 3 rings (SSSR count). The lowest BCUT2D eigenvalue weighted by Gasteiger charge is -2.11. The number of carbonyl (C=O) groups is 1. The minimum atomic E-state index is -4.51. The van der Waals surface area contributed by atoms with Gasteiger partial charge in [0, 0.05) is 11.1 Å². The zero-order chi connectivity index (χ0) is 22.1.